The first-order valence-electron chi connectivity index (χ1n) is 6.36. The van der Waals surface area contributed by atoms with Gasteiger partial charge in [-0.2, -0.15) is 0 Å². The Morgan fingerprint density at radius 2 is 2.16 bits per heavy atom. The molecule has 0 atom stereocenters. The zero-order chi connectivity index (χ0) is 13.5. The van der Waals surface area contributed by atoms with Gasteiger partial charge in [0.25, 0.3) is 0 Å². The number of ether oxygens (including phenoxy) is 1. The quantitative estimate of drug-likeness (QED) is 0.793. The van der Waals surface area contributed by atoms with Gasteiger partial charge in [-0.25, -0.2) is 0 Å². The van der Waals surface area contributed by atoms with E-state index in [0.717, 1.165) is 30.7 Å². The molecule has 4 heteroatoms. The van der Waals surface area contributed by atoms with E-state index in [1.807, 2.05) is 6.07 Å². The number of nitrogens with one attached hydrogen (secondary N) is 1. The van der Waals surface area contributed by atoms with Gasteiger partial charge < -0.3 is 14.6 Å². The summed E-state index contributed by atoms with van der Waals surface area (Å²) in [5.41, 5.74) is 2.59. The molecule has 1 N–H and O–H groups in total. The second kappa shape index (κ2) is 7.48. The van der Waals surface area contributed by atoms with Gasteiger partial charge in [0.05, 0.1) is 6.61 Å². The lowest BCUT2D eigenvalue weighted by Gasteiger charge is -2.04. The van der Waals surface area contributed by atoms with Crippen LogP contribution in [0, 0.1) is 0 Å². The average molecular weight is 323 g/mol. The second-order valence-electron chi connectivity index (χ2n) is 4.49. The largest absolute Gasteiger partial charge is 0.383 e. The van der Waals surface area contributed by atoms with Gasteiger partial charge in [-0.05, 0) is 29.3 Å². The third-order valence-corrected chi connectivity index (χ3v) is 3.37. The lowest BCUT2D eigenvalue weighted by molar-refractivity contribution is 0.199. The van der Waals surface area contributed by atoms with Gasteiger partial charge in [0, 0.05) is 43.6 Å². The van der Waals surface area contributed by atoms with Gasteiger partial charge in [0.2, 0.25) is 0 Å². The van der Waals surface area contributed by atoms with E-state index in [0.29, 0.717) is 0 Å². The molecule has 0 saturated carbocycles. The highest BCUT2D eigenvalue weighted by molar-refractivity contribution is 9.10. The minimum atomic E-state index is 0.749. The SMILES string of the molecule is COCCNCc1ccn(Cc2cccc(Br)c2)c1. The van der Waals surface area contributed by atoms with Crippen molar-refractivity contribution >= 4 is 15.9 Å². The summed E-state index contributed by atoms with van der Waals surface area (Å²) in [6, 6.07) is 10.6. The van der Waals surface area contributed by atoms with Gasteiger partial charge >= 0.3 is 0 Å². The molecule has 3 nitrogen and oxygen atoms in total. The van der Waals surface area contributed by atoms with Gasteiger partial charge in [0.1, 0.15) is 0 Å². The molecule has 0 amide bonds. The van der Waals surface area contributed by atoms with Crippen LogP contribution < -0.4 is 5.32 Å². The van der Waals surface area contributed by atoms with Crippen molar-refractivity contribution in [2.75, 3.05) is 20.3 Å². The first-order valence-corrected chi connectivity index (χ1v) is 7.16. The molecule has 0 unspecified atom stereocenters. The lowest BCUT2D eigenvalue weighted by atomic mass is 10.2. The van der Waals surface area contributed by atoms with E-state index < -0.39 is 0 Å². The van der Waals surface area contributed by atoms with Crippen LogP contribution in [-0.4, -0.2) is 24.8 Å². The molecule has 1 heterocycles. The Labute approximate surface area is 122 Å². The fourth-order valence-corrected chi connectivity index (χ4v) is 2.39. The smallest absolute Gasteiger partial charge is 0.0587 e. The summed E-state index contributed by atoms with van der Waals surface area (Å²) in [5, 5.41) is 3.34. The van der Waals surface area contributed by atoms with Gasteiger partial charge in [0.15, 0.2) is 0 Å². The Balaban J connectivity index is 1.87. The zero-order valence-corrected chi connectivity index (χ0v) is 12.7. The van der Waals surface area contributed by atoms with E-state index >= 15 is 0 Å². The number of methoxy groups -OCH3 is 1. The van der Waals surface area contributed by atoms with Crippen LogP contribution in [-0.2, 0) is 17.8 Å². The van der Waals surface area contributed by atoms with Crippen molar-refractivity contribution in [2.24, 2.45) is 0 Å². The van der Waals surface area contributed by atoms with E-state index in [2.05, 4.69) is 62.5 Å². The molecular weight excluding hydrogens is 304 g/mol. The fraction of sp³-hybridized carbons (Fsp3) is 0.333. The molecule has 0 aliphatic rings. The summed E-state index contributed by atoms with van der Waals surface area (Å²) in [6.45, 7) is 3.42. The molecule has 19 heavy (non-hydrogen) atoms. The highest BCUT2D eigenvalue weighted by Crippen LogP contribution is 2.13. The molecule has 0 spiro atoms. The standard InChI is InChI=1S/C15H19BrN2O/c1-19-8-6-17-10-14-5-7-18(12-14)11-13-3-2-4-15(16)9-13/h2-5,7,9,12,17H,6,8,10-11H2,1H3. The fourth-order valence-electron chi connectivity index (χ4n) is 1.95. The molecule has 0 bridgehead atoms. The van der Waals surface area contributed by atoms with Crippen LogP contribution in [0.5, 0.6) is 0 Å². The molecule has 1 aromatic carbocycles. The number of hydrogen-bond acceptors (Lipinski definition) is 2. The number of aromatic nitrogens is 1. The Kier molecular flexibility index (Phi) is 5.63. The normalized spacial score (nSPS) is 10.8. The molecule has 2 rings (SSSR count). The predicted molar refractivity (Wildman–Crippen MR) is 81.3 cm³/mol. The van der Waals surface area contributed by atoms with Gasteiger partial charge in [-0.1, -0.05) is 28.1 Å². The van der Waals surface area contributed by atoms with Crippen molar-refractivity contribution < 1.29 is 4.74 Å². The molecule has 0 aliphatic heterocycles. The Morgan fingerprint density at radius 3 is 2.95 bits per heavy atom. The maximum atomic E-state index is 5.00. The summed E-state index contributed by atoms with van der Waals surface area (Å²) in [7, 11) is 1.72. The van der Waals surface area contributed by atoms with E-state index in [1.54, 1.807) is 7.11 Å². The first kappa shape index (κ1) is 14.3. The van der Waals surface area contributed by atoms with Crippen molar-refractivity contribution in [3.05, 3.63) is 58.3 Å². The van der Waals surface area contributed by atoms with E-state index in [9.17, 15) is 0 Å². The summed E-state index contributed by atoms with van der Waals surface area (Å²) in [4.78, 5) is 0. The van der Waals surface area contributed by atoms with Crippen molar-refractivity contribution in [2.45, 2.75) is 13.1 Å². The summed E-state index contributed by atoms with van der Waals surface area (Å²) in [6.07, 6.45) is 4.30. The third-order valence-electron chi connectivity index (χ3n) is 2.88. The first-order chi connectivity index (χ1) is 9.28. The number of hydrogen-bond donors (Lipinski definition) is 1. The maximum absolute atomic E-state index is 5.00. The molecule has 102 valence electrons. The molecule has 0 aliphatic carbocycles. The molecule has 1 aromatic heterocycles. The molecular formula is C15H19BrN2O. The van der Waals surface area contributed by atoms with Crippen LogP contribution in [0.1, 0.15) is 11.1 Å². The summed E-state index contributed by atoms with van der Waals surface area (Å²) >= 11 is 3.50. The van der Waals surface area contributed by atoms with Crippen LogP contribution >= 0.6 is 15.9 Å². The second-order valence-corrected chi connectivity index (χ2v) is 5.41. The topological polar surface area (TPSA) is 26.2 Å². The van der Waals surface area contributed by atoms with Gasteiger partial charge in [-0.3, -0.25) is 0 Å². The highest BCUT2D eigenvalue weighted by Gasteiger charge is 1.99. The van der Waals surface area contributed by atoms with Crippen molar-refractivity contribution in [1.29, 1.82) is 0 Å². The zero-order valence-electron chi connectivity index (χ0n) is 11.1. The monoisotopic (exact) mass is 322 g/mol. The summed E-state index contributed by atoms with van der Waals surface area (Å²) < 4.78 is 8.33. The van der Waals surface area contributed by atoms with Crippen LogP contribution in [0.4, 0.5) is 0 Å². The van der Waals surface area contributed by atoms with Gasteiger partial charge in [-0.15, -0.1) is 0 Å². The van der Waals surface area contributed by atoms with Crippen LogP contribution in [0.25, 0.3) is 0 Å². The number of halogens is 1. The highest BCUT2D eigenvalue weighted by atomic mass is 79.9. The Hall–Kier alpha value is -1.10. The van der Waals surface area contributed by atoms with E-state index in [1.165, 1.54) is 11.1 Å². The molecule has 0 fully saturated rings. The molecule has 2 aromatic rings. The summed E-state index contributed by atoms with van der Waals surface area (Å²) in [5.74, 6) is 0. The van der Waals surface area contributed by atoms with Crippen molar-refractivity contribution in [3.8, 4) is 0 Å². The van der Waals surface area contributed by atoms with Crippen LogP contribution in [0.3, 0.4) is 0 Å². The Morgan fingerprint density at radius 1 is 1.26 bits per heavy atom. The molecule has 0 saturated heterocycles. The average Bonchev–Trinajstić information content (AvgIpc) is 2.82. The third kappa shape index (κ3) is 4.82. The number of rotatable bonds is 7. The maximum Gasteiger partial charge on any atom is 0.0587 e. The van der Waals surface area contributed by atoms with E-state index in [4.69, 9.17) is 4.74 Å². The van der Waals surface area contributed by atoms with Crippen molar-refractivity contribution in [1.82, 2.24) is 9.88 Å². The van der Waals surface area contributed by atoms with Crippen LogP contribution in [0.2, 0.25) is 0 Å². The van der Waals surface area contributed by atoms with Crippen LogP contribution in [0.15, 0.2) is 47.2 Å². The molecule has 0 radical (unpaired) electrons. The lowest BCUT2D eigenvalue weighted by Crippen LogP contribution is -2.18. The Bertz CT molecular complexity index is 510. The predicted octanol–water partition coefficient (Wildman–Crippen LogP) is 3.03. The number of nitrogens with zero attached hydrogens (tertiary/aromatic N) is 1. The number of benzene rings is 1. The minimum absolute atomic E-state index is 0.749. The van der Waals surface area contributed by atoms with E-state index in [-0.39, 0.29) is 0 Å². The van der Waals surface area contributed by atoms with Crippen molar-refractivity contribution in [3.63, 3.8) is 0 Å². The minimum Gasteiger partial charge on any atom is -0.383 e.